The molecule has 1 unspecified atom stereocenters. The second kappa shape index (κ2) is 8.63. The molecule has 0 fully saturated rings. The lowest BCUT2D eigenvalue weighted by molar-refractivity contribution is 0.382. The molecule has 0 bridgehead atoms. The quantitative estimate of drug-likeness (QED) is 0.387. The van der Waals surface area contributed by atoms with Crippen LogP contribution >= 0.6 is 12.2 Å². The van der Waals surface area contributed by atoms with Gasteiger partial charge in [-0.1, -0.05) is 35.0 Å². The maximum atomic E-state index is 13.3. The number of halogens is 1. The van der Waals surface area contributed by atoms with Crippen molar-refractivity contribution in [3.05, 3.63) is 101 Å². The van der Waals surface area contributed by atoms with Crippen LogP contribution in [0.4, 0.5) is 4.39 Å². The van der Waals surface area contributed by atoms with Crippen molar-refractivity contribution in [1.82, 2.24) is 20.4 Å². The van der Waals surface area contributed by atoms with Crippen molar-refractivity contribution in [2.24, 2.45) is 0 Å². The standard InChI is InChI=1S/C25H21FN4O2S/c1-15-5-7-17(8-6-15)22-21(16(2)30(25(33)27-22)14-20-4-3-13-31-20)24-28-23(29-32-24)18-9-11-19(26)12-10-18/h3-13,22H,14H2,1-2H3,(H,27,33). The molecule has 0 aliphatic carbocycles. The van der Waals surface area contributed by atoms with Crippen LogP contribution in [0.1, 0.15) is 35.7 Å². The fraction of sp³-hybridized carbons (Fsp3) is 0.160. The first kappa shape index (κ1) is 21.1. The van der Waals surface area contributed by atoms with Crippen LogP contribution in [0, 0.1) is 12.7 Å². The Morgan fingerprint density at radius 1 is 1.06 bits per heavy atom. The van der Waals surface area contributed by atoms with E-state index in [1.54, 1.807) is 18.4 Å². The van der Waals surface area contributed by atoms with Crippen LogP contribution in [-0.2, 0) is 6.54 Å². The van der Waals surface area contributed by atoms with Crippen LogP contribution in [0.25, 0.3) is 17.0 Å². The molecule has 1 aliphatic heterocycles. The Labute approximate surface area is 195 Å². The molecule has 0 spiro atoms. The summed E-state index contributed by atoms with van der Waals surface area (Å²) in [6.45, 7) is 4.49. The third kappa shape index (κ3) is 4.17. The van der Waals surface area contributed by atoms with Crippen molar-refractivity contribution in [3.8, 4) is 11.4 Å². The topological polar surface area (TPSA) is 67.3 Å². The summed E-state index contributed by atoms with van der Waals surface area (Å²) in [5.74, 6) is 1.22. The van der Waals surface area contributed by atoms with E-state index in [0.29, 0.717) is 28.9 Å². The Hall–Kier alpha value is -3.78. The summed E-state index contributed by atoms with van der Waals surface area (Å²) in [7, 11) is 0. The summed E-state index contributed by atoms with van der Waals surface area (Å²) in [6.07, 6.45) is 1.64. The zero-order valence-electron chi connectivity index (χ0n) is 18.1. The number of aryl methyl sites for hydroxylation is 1. The van der Waals surface area contributed by atoms with E-state index in [4.69, 9.17) is 21.2 Å². The van der Waals surface area contributed by atoms with Crippen LogP contribution in [0.3, 0.4) is 0 Å². The number of allylic oxidation sites excluding steroid dienone is 1. The molecule has 5 rings (SSSR count). The van der Waals surface area contributed by atoms with E-state index in [2.05, 4.69) is 39.7 Å². The third-order valence-electron chi connectivity index (χ3n) is 5.66. The predicted octanol–water partition coefficient (Wildman–Crippen LogP) is 5.64. The van der Waals surface area contributed by atoms with Gasteiger partial charge in [0.05, 0.1) is 24.4 Å². The molecule has 3 heterocycles. The molecule has 166 valence electrons. The molecule has 1 atom stereocenters. The monoisotopic (exact) mass is 460 g/mol. The molecule has 2 aromatic carbocycles. The van der Waals surface area contributed by atoms with Gasteiger partial charge in [0.15, 0.2) is 5.11 Å². The summed E-state index contributed by atoms with van der Waals surface area (Å²) < 4.78 is 24.6. The van der Waals surface area contributed by atoms with E-state index in [1.807, 2.05) is 30.9 Å². The lowest BCUT2D eigenvalue weighted by atomic mass is 9.94. The maximum absolute atomic E-state index is 13.3. The molecule has 6 nitrogen and oxygen atoms in total. The minimum absolute atomic E-state index is 0.271. The maximum Gasteiger partial charge on any atom is 0.258 e. The van der Waals surface area contributed by atoms with E-state index < -0.39 is 0 Å². The lowest BCUT2D eigenvalue weighted by Crippen LogP contribution is -2.45. The number of benzene rings is 2. The van der Waals surface area contributed by atoms with Crippen LogP contribution in [0.2, 0.25) is 0 Å². The summed E-state index contributed by atoms with van der Waals surface area (Å²) in [5, 5.41) is 8.16. The van der Waals surface area contributed by atoms with Gasteiger partial charge in [-0.15, -0.1) is 0 Å². The summed E-state index contributed by atoms with van der Waals surface area (Å²) in [6, 6.07) is 17.7. The van der Waals surface area contributed by atoms with Crippen molar-refractivity contribution < 1.29 is 13.3 Å². The van der Waals surface area contributed by atoms with Crippen molar-refractivity contribution in [3.63, 3.8) is 0 Å². The average Bonchev–Trinajstić information content (AvgIpc) is 3.50. The minimum Gasteiger partial charge on any atom is -0.467 e. The Balaban J connectivity index is 1.59. The number of rotatable bonds is 5. The van der Waals surface area contributed by atoms with Crippen LogP contribution < -0.4 is 5.32 Å². The molecular formula is C25H21FN4O2S. The van der Waals surface area contributed by atoms with E-state index >= 15 is 0 Å². The molecule has 0 saturated heterocycles. The van der Waals surface area contributed by atoms with Gasteiger partial charge in [0, 0.05) is 11.3 Å². The molecular weight excluding hydrogens is 439 g/mol. The van der Waals surface area contributed by atoms with Crippen molar-refractivity contribution in [2.45, 2.75) is 26.4 Å². The first-order valence-electron chi connectivity index (χ1n) is 10.5. The largest absolute Gasteiger partial charge is 0.467 e. The number of hydrogen-bond donors (Lipinski definition) is 1. The fourth-order valence-electron chi connectivity index (χ4n) is 3.87. The van der Waals surface area contributed by atoms with Gasteiger partial charge in [0.25, 0.3) is 5.89 Å². The molecule has 0 amide bonds. The summed E-state index contributed by atoms with van der Waals surface area (Å²) >= 11 is 5.71. The number of furan rings is 1. The molecule has 33 heavy (non-hydrogen) atoms. The molecule has 1 aliphatic rings. The highest BCUT2D eigenvalue weighted by Crippen LogP contribution is 2.38. The zero-order valence-corrected chi connectivity index (χ0v) is 18.9. The van der Waals surface area contributed by atoms with Gasteiger partial charge in [-0.25, -0.2) is 4.39 Å². The molecule has 0 saturated carbocycles. The Kier molecular flexibility index (Phi) is 5.51. The van der Waals surface area contributed by atoms with E-state index in [-0.39, 0.29) is 11.9 Å². The van der Waals surface area contributed by atoms with Gasteiger partial charge in [-0.05, 0) is 68.0 Å². The van der Waals surface area contributed by atoms with E-state index in [9.17, 15) is 4.39 Å². The van der Waals surface area contributed by atoms with E-state index in [0.717, 1.165) is 28.2 Å². The van der Waals surface area contributed by atoms with Crippen molar-refractivity contribution in [1.29, 1.82) is 0 Å². The van der Waals surface area contributed by atoms with Gasteiger partial charge in [0.1, 0.15) is 11.6 Å². The smallest absolute Gasteiger partial charge is 0.258 e. The molecule has 0 radical (unpaired) electrons. The summed E-state index contributed by atoms with van der Waals surface area (Å²) in [4.78, 5) is 6.60. The molecule has 1 N–H and O–H groups in total. The number of hydrogen-bond acceptors (Lipinski definition) is 5. The molecule has 4 aromatic rings. The Bertz CT molecular complexity index is 1310. The molecule has 8 heteroatoms. The van der Waals surface area contributed by atoms with Crippen molar-refractivity contribution in [2.75, 3.05) is 0 Å². The van der Waals surface area contributed by atoms with Gasteiger partial charge in [-0.2, -0.15) is 4.98 Å². The highest BCUT2D eigenvalue weighted by atomic mass is 32.1. The Morgan fingerprint density at radius 2 is 1.82 bits per heavy atom. The third-order valence-corrected chi connectivity index (χ3v) is 6.00. The lowest BCUT2D eigenvalue weighted by Gasteiger charge is -2.37. The zero-order chi connectivity index (χ0) is 22.9. The SMILES string of the molecule is CC1=C(c2nc(-c3ccc(F)cc3)no2)C(c2ccc(C)cc2)NC(=S)N1Cc1ccco1. The van der Waals surface area contributed by atoms with Gasteiger partial charge in [-0.3, -0.25) is 0 Å². The average molecular weight is 461 g/mol. The fourth-order valence-corrected chi connectivity index (χ4v) is 4.18. The second-order valence-electron chi connectivity index (χ2n) is 7.89. The van der Waals surface area contributed by atoms with E-state index in [1.165, 1.54) is 12.1 Å². The first-order valence-corrected chi connectivity index (χ1v) is 10.9. The second-order valence-corrected chi connectivity index (χ2v) is 8.27. The predicted molar refractivity (Wildman–Crippen MR) is 126 cm³/mol. The number of nitrogens with one attached hydrogen (secondary N) is 1. The first-order chi connectivity index (χ1) is 16.0. The summed E-state index contributed by atoms with van der Waals surface area (Å²) in [5.41, 5.74) is 4.56. The highest BCUT2D eigenvalue weighted by molar-refractivity contribution is 7.80. The number of aromatic nitrogens is 2. The van der Waals surface area contributed by atoms with Crippen LogP contribution in [0.15, 0.2) is 81.6 Å². The normalized spacial score (nSPS) is 16.3. The Morgan fingerprint density at radius 3 is 2.52 bits per heavy atom. The highest BCUT2D eigenvalue weighted by Gasteiger charge is 2.34. The number of nitrogens with zero attached hydrogens (tertiary/aromatic N) is 3. The van der Waals surface area contributed by atoms with Crippen LogP contribution in [0.5, 0.6) is 0 Å². The van der Waals surface area contributed by atoms with Crippen molar-refractivity contribution >= 4 is 22.9 Å². The molecule has 2 aromatic heterocycles. The number of thiocarbonyl (C=S) groups is 1. The van der Waals surface area contributed by atoms with Gasteiger partial charge in [0.2, 0.25) is 5.82 Å². The van der Waals surface area contributed by atoms with Gasteiger partial charge < -0.3 is 19.2 Å². The van der Waals surface area contributed by atoms with Crippen LogP contribution in [-0.4, -0.2) is 20.2 Å². The van der Waals surface area contributed by atoms with Gasteiger partial charge >= 0.3 is 0 Å². The minimum atomic E-state index is -0.320.